The Bertz CT molecular complexity index is 569. The van der Waals surface area contributed by atoms with Gasteiger partial charge in [-0.15, -0.1) is 0 Å². The summed E-state index contributed by atoms with van der Waals surface area (Å²) in [5, 5.41) is 7.42. The van der Waals surface area contributed by atoms with E-state index in [1.807, 2.05) is 0 Å². The SMILES string of the molecule is CCCNCc1ccn(-c2cc(F)c(Br)cc2F)n1. The Labute approximate surface area is 118 Å². The summed E-state index contributed by atoms with van der Waals surface area (Å²) < 4.78 is 28.6. The third-order valence-corrected chi connectivity index (χ3v) is 3.22. The van der Waals surface area contributed by atoms with Crippen molar-refractivity contribution in [1.82, 2.24) is 15.1 Å². The summed E-state index contributed by atoms with van der Waals surface area (Å²) >= 11 is 2.95. The zero-order chi connectivity index (χ0) is 13.8. The molecule has 1 aromatic carbocycles. The van der Waals surface area contributed by atoms with Crippen LogP contribution in [0.4, 0.5) is 8.78 Å². The highest BCUT2D eigenvalue weighted by molar-refractivity contribution is 9.10. The fourth-order valence-corrected chi connectivity index (χ4v) is 1.99. The van der Waals surface area contributed by atoms with Gasteiger partial charge in [-0.05, 0) is 41.0 Å². The zero-order valence-corrected chi connectivity index (χ0v) is 12.0. The Hall–Kier alpha value is -1.27. The van der Waals surface area contributed by atoms with Gasteiger partial charge >= 0.3 is 0 Å². The third kappa shape index (κ3) is 3.39. The quantitative estimate of drug-likeness (QED) is 0.673. The van der Waals surface area contributed by atoms with Gasteiger partial charge in [-0.2, -0.15) is 5.10 Å². The Morgan fingerprint density at radius 2 is 2.11 bits per heavy atom. The van der Waals surface area contributed by atoms with E-state index in [9.17, 15) is 8.78 Å². The molecular weight excluding hydrogens is 316 g/mol. The first-order valence-electron chi connectivity index (χ1n) is 6.02. The predicted molar refractivity (Wildman–Crippen MR) is 73.2 cm³/mol. The summed E-state index contributed by atoms with van der Waals surface area (Å²) in [5.74, 6) is -1.04. The minimum atomic E-state index is -0.524. The van der Waals surface area contributed by atoms with Gasteiger partial charge in [0, 0.05) is 18.8 Å². The van der Waals surface area contributed by atoms with Gasteiger partial charge in [-0.1, -0.05) is 6.92 Å². The van der Waals surface area contributed by atoms with E-state index in [2.05, 4.69) is 33.3 Å². The van der Waals surface area contributed by atoms with Gasteiger partial charge in [-0.25, -0.2) is 13.5 Å². The van der Waals surface area contributed by atoms with Gasteiger partial charge < -0.3 is 5.32 Å². The van der Waals surface area contributed by atoms with Crippen molar-refractivity contribution >= 4 is 15.9 Å². The van der Waals surface area contributed by atoms with Crippen molar-refractivity contribution in [3.05, 3.63) is 46.2 Å². The molecule has 19 heavy (non-hydrogen) atoms. The van der Waals surface area contributed by atoms with Crippen molar-refractivity contribution in [2.24, 2.45) is 0 Å². The molecule has 0 saturated heterocycles. The smallest absolute Gasteiger partial charge is 0.150 e. The molecule has 0 aliphatic heterocycles. The Balaban J connectivity index is 2.20. The number of benzene rings is 1. The molecule has 0 aliphatic rings. The Kier molecular flexibility index (Phi) is 4.66. The predicted octanol–water partition coefficient (Wildman–Crippen LogP) is 3.41. The minimum Gasteiger partial charge on any atom is -0.311 e. The van der Waals surface area contributed by atoms with Crippen LogP contribution in [0.15, 0.2) is 28.9 Å². The first-order chi connectivity index (χ1) is 9.11. The van der Waals surface area contributed by atoms with Crippen molar-refractivity contribution in [3.8, 4) is 5.69 Å². The monoisotopic (exact) mass is 329 g/mol. The first kappa shape index (κ1) is 14.1. The molecule has 1 aromatic heterocycles. The lowest BCUT2D eigenvalue weighted by Gasteiger charge is -2.05. The van der Waals surface area contributed by atoms with Crippen LogP contribution in [0.1, 0.15) is 19.0 Å². The van der Waals surface area contributed by atoms with E-state index >= 15 is 0 Å². The van der Waals surface area contributed by atoms with E-state index in [1.165, 1.54) is 4.68 Å². The number of nitrogens with one attached hydrogen (secondary N) is 1. The van der Waals surface area contributed by atoms with Crippen LogP contribution in [0.3, 0.4) is 0 Å². The molecule has 0 unspecified atom stereocenters. The third-order valence-electron chi connectivity index (χ3n) is 2.61. The molecule has 0 bridgehead atoms. The van der Waals surface area contributed by atoms with Gasteiger partial charge in [0.05, 0.1) is 10.2 Å². The van der Waals surface area contributed by atoms with E-state index in [0.717, 1.165) is 30.8 Å². The maximum absolute atomic E-state index is 13.8. The second-order valence-electron chi connectivity index (χ2n) is 4.15. The van der Waals surface area contributed by atoms with Gasteiger partial charge in [0.25, 0.3) is 0 Å². The van der Waals surface area contributed by atoms with E-state index in [0.29, 0.717) is 6.54 Å². The summed E-state index contributed by atoms with van der Waals surface area (Å²) in [6.45, 7) is 3.58. The average molecular weight is 330 g/mol. The largest absolute Gasteiger partial charge is 0.311 e. The molecule has 1 heterocycles. The molecule has 2 rings (SSSR count). The van der Waals surface area contributed by atoms with E-state index in [-0.39, 0.29) is 10.2 Å². The molecule has 3 nitrogen and oxygen atoms in total. The summed E-state index contributed by atoms with van der Waals surface area (Å²) in [6.07, 6.45) is 2.65. The number of halogens is 3. The number of rotatable bonds is 5. The molecule has 0 saturated carbocycles. The zero-order valence-electron chi connectivity index (χ0n) is 10.5. The van der Waals surface area contributed by atoms with E-state index < -0.39 is 11.6 Å². The minimum absolute atomic E-state index is 0.0995. The standard InChI is InChI=1S/C13H14BrF2N3/c1-2-4-17-8-9-3-5-19(18-9)13-7-11(15)10(14)6-12(13)16/h3,5-7,17H,2,4,8H2,1H3. The molecular formula is C13H14BrF2N3. The lowest BCUT2D eigenvalue weighted by molar-refractivity contribution is 0.580. The maximum atomic E-state index is 13.8. The fraction of sp³-hybridized carbons (Fsp3) is 0.308. The summed E-state index contributed by atoms with van der Waals surface area (Å²) in [7, 11) is 0. The second-order valence-corrected chi connectivity index (χ2v) is 5.00. The lowest BCUT2D eigenvalue weighted by Crippen LogP contribution is -2.14. The van der Waals surface area contributed by atoms with Crippen LogP contribution in [0.2, 0.25) is 0 Å². The fourth-order valence-electron chi connectivity index (χ4n) is 1.67. The van der Waals surface area contributed by atoms with Crippen LogP contribution in [0.25, 0.3) is 5.69 Å². The van der Waals surface area contributed by atoms with Gasteiger partial charge in [0.15, 0.2) is 0 Å². The number of aromatic nitrogens is 2. The highest BCUT2D eigenvalue weighted by Crippen LogP contribution is 2.22. The number of hydrogen-bond donors (Lipinski definition) is 1. The van der Waals surface area contributed by atoms with Crippen LogP contribution in [-0.4, -0.2) is 16.3 Å². The van der Waals surface area contributed by atoms with Crippen LogP contribution >= 0.6 is 15.9 Å². The summed E-state index contributed by atoms with van der Waals surface area (Å²) in [6, 6.07) is 4.00. The van der Waals surface area contributed by atoms with Crippen LogP contribution in [0, 0.1) is 11.6 Å². The molecule has 0 spiro atoms. The lowest BCUT2D eigenvalue weighted by atomic mass is 10.3. The second kappa shape index (κ2) is 6.25. The van der Waals surface area contributed by atoms with Crippen LogP contribution in [0.5, 0.6) is 0 Å². The highest BCUT2D eigenvalue weighted by atomic mass is 79.9. The number of nitrogens with zero attached hydrogens (tertiary/aromatic N) is 2. The molecule has 0 fully saturated rings. The highest BCUT2D eigenvalue weighted by Gasteiger charge is 2.11. The summed E-state index contributed by atoms with van der Waals surface area (Å²) in [5.41, 5.74) is 0.888. The first-order valence-corrected chi connectivity index (χ1v) is 6.81. The molecule has 1 N–H and O–H groups in total. The average Bonchev–Trinajstić information content (AvgIpc) is 2.83. The molecule has 0 aliphatic carbocycles. The molecule has 102 valence electrons. The van der Waals surface area contributed by atoms with Crippen molar-refractivity contribution < 1.29 is 8.78 Å². The molecule has 0 amide bonds. The van der Waals surface area contributed by atoms with E-state index in [1.54, 1.807) is 12.3 Å². The molecule has 0 radical (unpaired) electrons. The molecule has 2 aromatic rings. The van der Waals surface area contributed by atoms with Crippen molar-refractivity contribution in [1.29, 1.82) is 0 Å². The van der Waals surface area contributed by atoms with Gasteiger partial charge in [0.2, 0.25) is 0 Å². The Morgan fingerprint density at radius 1 is 1.32 bits per heavy atom. The van der Waals surface area contributed by atoms with Gasteiger partial charge in [-0.3, -0.25) is 0 Å². The summed E-state index contributed by atoms with van der Waals surface area (Å²) in [4.78, 5) is 0. The van der Waals surface area contributed by atoms with Gasteiger partial charge in [0.1, 0.15) is 17.3 Å². The molecule has 6 heteroatoms. The topological polar surface area (TPSA) is 29.9 Å². The maximum Gasteiger partial charge on any atom is 0.150 e. The Morgan fingerprint density at radius 3 is 2.84 bits per heavy atom. The van der Waals surface area contributed by atoms with Crippen LogP contribution in [-0.2, 0) is 6.54 Å². The van der Waals surface area contributed by atoms with Crippen molar-refractivity contribution in [3.63, 3.8) is 0 Å². The number of hydrogen-bond acceptors (Lipinski definition) is 2. The van der Waals surface area contributed by atoms with Crippen molar-refractivity contribution in [2.45, 2.75) is 19.9 Å². The van der Waals surface area contributed by atoms with E-state index in [4.69, 9.17) is 0 Å². The molecule has 0 atom stereocenters. The normalized spacial score (nSPS) is 10.9. The van der Waals surface area contributed by atoms with Crippen LogP contribution < -0.4 is 5.32 Å². The van der Waals surface area contributed by atoms with Crippen molar-refractivity contribution in [2.75, 3.05) is 6.54 Å².